The van der Waals surface area contributed by atoms with Crippen LogP contribution in [0.5, 0.6) is 0 Å². The second kappa shape index (κ2) is 5.25. The Bertz CT molecular complexity index is 505. The van der Waals surface area contributed by atoms with E-state index in [-0.39, 0.29) is 5.95 Å². The van der Waals surface area contributed by atoms with Crippen molar-refractivity contribution in [1.29, 1.82) is 0 Å². The fourth-order valence-electron chi connectivity index (χ4n) is 1.47. The molecular weight excluding hydrogens is 238 g/mol. The zero-order chi connectivity index (χ0) is 13.0. The fraction of sp³-hybridized carbons (Fsp3) is 0.444. The van der Waals surface area contributed by atoms with Crippen LogP contribution in [0.25, 0.3) is 0 Å². The molecule has 0 saturated heterocycles. The highest BCUT2D eigenvalue weighted by Crippen LogP contribution is 2.08. The summed E-state index contributed by atoms with van der Waals surface area (Å²) in [5, 5.41) is 17.6. The van der Waals surface area contributed by atoms with E-state index in [0.29, 0.717) is 11.7 Å². The summed E-state index contributed by atoms with van der Waals surface area (Å²) in [5.74, 6) is 0.388. The first-order valence-corrected chi connectivity index (χ1v) is 5.42. The van der Waals surface area contributed by atoms with E-state index in [4.69, 9.17) is 0 Å². The van der Waals surface area contributed by atoms with Gasteiger partial charge in [0.25, 0.3) is 0 Å². The van der Waals surface area contributed by atoms with Gasteiger partial charge in [-0.1, -0.05) is 4.98 Å². The van der Waals surface area contributed by atoms with Gasteiger partial charge in [-0.25, -0.2) is 9.99 Å². The number of nitro groups is 1. The number of hydrazone groups is 1. The summed E-state index contributed by atoms with van der Waals surface area (Å²) < 4.78 is 1.35. The van der Waals surface area contributed by atoms with E-state index < -0.39 is 4.92 Å². The summed E-state index contributed by atoms with van der Waals surface area (Å²) in [4.78, 5) is 17.9. The van der Waals surface area contributed by atoms with Gasteiger partial charge < -0.3 is 15.4 Å². The predicted octanol–water partition coefficient (Wildman–Crippen LogP) is -0.399. The standard InChI is InChI=1S/C9H13N7O2/c1-15-7(5-12-9(15)16(17)18)6-13-14-8-10-3-2-4-11-8/h5-6H,2-4H2,1H3,(H2,10,11,14)/b13-6+. The molecule has 2 N–H and O–H groups in total. The largest absolute Gasteiger partial charge is 0.434 e. The molecule has 0 aromatic carbocycles. The Hall–Kier alpha value is -2.45. The number of guanidine groups is 1. The van der Waals surface area contributed by atoms with Crippen LogP contribution in [0, 0.1) is 10.1 Å². The van der Waals surface area contributed by atoms with Gasteiger partial charge in [-0.3, -0.25) is 4.99 Å². The van der Waals surface area contributed by atoms with Crippen LogP contribution in [-0.4, -0.2) is 39.7 Å². The Morgan fingerprint density at radius 3 is 3.17 bits per heavy atom. The van der Waals surface area contributed by atoms with Gasteiger partial charge in [0.15, 0.2) is 5.69 Å². The van der Waals surface area contributed by atoms with Gasteiger partial charge in [-0.2, -0.15) is 5.10 Å². The fourth-order valence-corrected chi connectivity index (χ4v) is 1.47. The summed E-state index contributed by atoms with van der Waals surface area (Å²) in [7, 11) is 1.56. The molecule has 0 amide bonds. The minimum Gasteiger partial charge on any atom is -0.390 e. The normalized spacial score (nSPS) is 15.3. The lowest BCUT2D eigenvalue weighted by Crippen LogP contribution is -2.38. The van der Waals surface area contributed by atoms with Gasteiger partial charge in [0.2, 0.25) is 5.96 Å². The lowest BCUT2D eigenvalue weighted by atomic mass is 10.4. The monoisotopic (exact) mass is 251 g/mol. The molecule has 0 bridgehead atoms. The van der Waals surface area contributed by atoms with Gasteiger partial charge in [0.1, 0.15) is 6.20 Å². The quantitative estimate of drug-likeness (QED) is 0.431. The molecule has 2 heterocycles. The van der Waals surface area contributed by atoms with Crippen LogP contribution in [0.4, 0.5) is 5.95 Å². The van der Waals surface area contributed by atoms with Crippen molar-refractivity contribution >= 4 is 18.1 Å². The lowest BCUT2D eigenvalue weighted by Gasteiger charge is -2.12. The van der Waals surface area contributed by atoms with E-state index in [1.807, 2.05) is 0 Å². The van der Waals surface area contributed by atoms with E-state index in [2.05, 4.69) is 25.8 Å². The Kier molecular flexibility index (Phi) is 3.51. The van der Waals surface area contributed by atoms with Crippen molar-refractivity contribution in [1.82, 2.24) is 20.3 Å². The highest BCUT2D eigenvalue weighted by molar-refractivity contribution is 5.83. The number of rotatable bonds is 3. The Balaban J connectivity index is 2.00. The van der Waals surface area contributed by atoms with E-state index >= 15 is 0 Å². The maximum atomic E-state index is 10.6. The molecule has 0 saturated carbocycles. The molecule has 1 aromatic heterocycles. The zero-order valence-corrected chi connectivity index (χ0v) is 9.83. The molecule has 1 aliphatic rings. The molecule has 9 heteroatoms. The van der Waals surface area contributed by atoms with Crippen LogP contribution in [0.2, 0.25) is 0 Å². The highest BCUT2D eigenvalue weighted by atomic mass is 16.6. The molecule has 1 aromatic rings. The summed E-state index contributed by atoms with van der Waals surface area (Å²) in [6.07, 6.45) is 3.85. The number of hydrogen-bond donors (Lipinski definition) is 2. The van der Waals surface area contributed by atoms with Gasteiger partial charge in [-0.05, 0) is 11.3 Å². The van der Waals surface area contributed by atoms with E-state index in [1.165, 1.54) is 17.0 Å². The first-order chi connectivity index (χ1) is 8.68. The molecule has 0 fully saturated rings. The number of aromatic nitrogens is 2. The van der Waals surface area contributed by atoms with Crippen LogP contribution < -0.4 is 10.7 Å². The third kappa shape index (κ3) is 2.62. The number of imidazole rings is 1. The Morgan fingerprint density at radius 2 is 2.56 bits per heavy atom. The first kappa shape index (κ1) is 12.0. The molecule has 0 aliphatic carbocycles. The van der Waals surface area contributed by atoms with Gasteiger partial charge in [0.05, 0.1) is 13.3 Å². The average molecular weight is 251 g/mol. The van der Waals surface area contributed by atoms with Crippen molar-refractivity contribution in [2.24, 2.45) is 17.1 Å². The average Bonchev–Trinajstić information content (AvgIpc) is 2.73. The van der Waals surface area contributed by atoms with Crippen molar-refractivity contribution in [2.45, 2.75) is 6.42 Å². The lowest BCUT2D eigenvalue weighted by molar-refractivity contribution is -0.396. The minimum atomic E-state index is -0.544. The summed E-state index contributed by atoms with van der Waals surface area (Å²) in [6.45, 7) is 1.63. The zero-order valence-electron chi connectivity index (χ0n) is 9.83. The number of nitrogens with one attached hydrogen (secondary N) is 2. The van der Waals surface area contributed by atoms with Crippen LogP contribution in [0.3, 0.4) is 0 Å². The second-order valence-electron chi connectivity index (χ2n) is 3.68. The van der Waals surface area contributed by atoms with Crippen LogP contribution >= 0.6 is 0 Å². The third-order valence-electron chi connectivity index (χ3n) is 2.43. The molecule has 9 nitrogen and oxygen atoms in total. The number of nitrogens with zero attached hydrogens (tertiary/aromatic N) is 5. The third-order valence-corrected chi connectivity index (χ3v) is 2.43. The molecule has 2 rings (SSSR count). The van der Waals surface area contributed by atoms with Gasteiger partial charge >= 0.3 is 5.95 Å². The predicted molar refractivity (Wildman–Crippen MR) is 65.5 cm³/mol. The topological polar surface area (TPSA) is 110 Å². The molecule has 96 valence electrons. The van der Waals surface area contributed by atoms with Crippen molar-refractivity contribution in [3.05, 3.63) is 22.0 Å². The Labute approximate surface area is 103 Å². The first-order valence-electron chi connectivity index (χ1n) is 5.42. The molecule has 18 heavy (non-hydrogen) atoms. The van der Waals surface area contributed by atoms with Crippen LogP contribution in [0.15, 0.2) is 16.3 Å². The smallest absolute Gasteiger partial charge is 0.390 e. The minimum absolute atomic E-state index is 0.218. The van der Waals surface area contributed by atoms with Crippen molar-refractivity contribution in [2.75, 3.05) is 13.1 Å². The molecule has 0 spiro atoms. The van der Waals surface area contributed by atoms with E-state index in [0.717, 1.165) is 19.5 Å². The SMILES string of the molecule is Cn1c(/C=N/NC2=NCCCN2)cnc1[N+](=O)[O-]. The highest BCUT2D eigenvalue weighted by Gasteiger charge is 2.15. The molecular formula is C9H13N7O2. The van der Waals surface area contributed by atoms with E-state index in [1.54, 1.807) is 7.05 Å². The summed E-state index contributed by atoms with van der Waals surface area (Å²) in [6, 6.07) is 0. The van der Waals surface area contributed by atoms with Crippen molar-refractivity contribution in [3.63, 3.8) is 0 Å². The van der Waals surface area contributed by atoms with Crippen LogP contribution in [0.1, 0.15) is 12.1 Å². The second-order valence-corrected chi connectivity index (χ2v) is 3.68. The molecule has 0 unspecified atom stereocenters. The Morgan fingerprint density at radius 1 is 1.72 bits per heavy atom. The maximum absolute atomic E-state index is 10.6. The van der Waals surface area contributed by atoms with Gasteiger partial charge in [0, 0.05) is 13.1 Å². The number of aliphatic imine (C=N–C) groups is 1. The van der Waals surface area contributed by atoms with E-state index in [9.17, 15) is 10.1 Å². The van der Waals surface area contributed by atoms with Crippen LogP contribution in [-0.2, 0) is 7.05 Å². The van der Waals surface area contributed by atoms with Crippen molar-refractivity contribution < 1.29 is 4.92 Å². The summed E-state index contributed by atoms with van der Waals surface area (Å²) in [5.41, 5.74) is 3.27. The number of hydrogen-bond acceptors (Lipinski definition) is 7. The molecule has 0 radical (unpaired) electrons. The molecule has 0 atom stereocenters. The van der Waals surface area contributed by atoms with Gasteiger partial charge in [-0.15, -0.1) is 0 Å². The molecule has 1 aliphatic heterocycles. The maximum Gasteiger partial charge on any atom is 0.434 e. The van der Waals surface area contributed by atoms with Crippen molar-refractivity contribution in [3.8, 4) is 0 Å². The summed E-state index contributed by atoms with van der Waals surface area (Å²) >= 11 is 0.